The first-order valence-corrected chi connectivity index (χ1v) is 7.53. The Bertz CT molecular complexity index is 712. The molecule has 0 aliphatic carbocycles. The van der Waals surface area contributed by atoms with Crippen molar-refractivity contribution in [2.75, 3.05) is 18.5 Å². The number of aryl methyl sites for hydroxylation is 1. The van der Waals surface area contributed by atoms with Crippen molar-refractivity contribution in [1.82, 2.24) is 19.9 Å². The molecule has 120 valence electrons. The van der Waals surface area contributed by atoms with E-state index < -0.39 is 6.04 Å². The molecule has 0 N–H and O–H groups in total. The standard InChI is InChI=1S/C16H19N5O2/c1-19(15(22)10-13-11-17-18-20(13)2)14-8-9-21(16(14)23)12-6-4-3-5-7-12/h3-7,11,14H,8-10H2,1-2H3. The van der Waals surface area contributed by atoms with Gasteiger partial charge in [-0.1, -0.05) is 23.4 Å². The Hall–Kier alpha value is -2.70. The van der Waals surface area contributed by atoms with Crippen molar-refractivity contribution in [3.63, 3.8) is 0 Å². The molecular formula is C16H19N5O2. The molecule has 0 radical (unpaired) electrons. The van der Waals surface area contributed by atoms with Crippen LogP contribution in [0.3, 0.4) is 0 Å². The molecule has 0 bridgehead atoms. The monoisotopic (exact) mass is 313 g/mol. The van der Waals surface area contributed by atoms with Crippen molar-refractivity contribution in [2.24, 2.45) is 7.05 Å². The fraction of sp³-hybridized carbons (Fsp3) is 0.375. The SMILES string of the molecule is CN(C(=O)Cc1cnnn1C)C1CCN(c2ccccc2)C1=O. The van der Waals surface area contributed by atoms with Crippen molar-refractivity contribution < 1.29 is 9.59 Å². The third kappa shape index (κ3) is 2.94. The highest BCUT2D eigenvalue weighted by Gasteiger charge is 2.37. The highest BCUT2D eigenvalue weighted by Crippen LogP contribution is 2.23. The van der Waals surface area contributed by atoms with Crippen molar-refractivity contribution in [3.05, 3.63) is 42.2 Å². The molecule has 1 aromatic heterocycles. The first kappa shape index (κ1) is 15.2. The highest BCUT2D eigenvalue weighted by atomic mass is 16.2. The number of amides is 2. The van der Waals surface area contributed by atoms with Gasteiger partial charge in [0.1, 0.15) is 6.04 Å². The highest BCUT2D eigenvalue weighted by molar-refractivity contribution is 6.01. The molecule has 7 nitrogen and oxygen atoms in total. The molecule has 0 saturated carbocycles. The average molecular weight is 313 g/mol. The molecule has 1 aromatic carbocycles. The minimum Gasteiger partial charge on any atom is -0.333 e. The summed E-state index contributed by atoms with van der Waals surface area (Å²) in [5.74, 6) is -0.140. The quantitative estimate of drug-likeness (QED) is 0.830. The maximum atomic E-state index is 12.6. The van der Waals surface area contributed by atoms with Gasteiger partial charge < -0.3 is 9.80 Å². The second kappa shape index (κ2) is 6.20. The van der Waals surface area contributed by atoms with E-state index in [1.54, 1.807) is 29.9 Å². The molecule has 2 aromatic rings. The van der Waals surface area contributed by atoms with E-state index in [2.05, 4.69) is 10.3 Å². The zero-order valence-electron chi connectivity index (χ0n) is 13.2. The Kier molecular flexibility index (Phi) is 4.10. The van der Waals surface area contributed by atoms with Gasteiger partial charge in [0.2, 0.25) is 11.8 Å². The Labute approximate surface area is 134 Å². The van der Waals surface area contributed by atoms with Crippen LogP contribution in [-0.2, 0) is 23.1 Å². The number of aromatic nitrogens is 3. The lowest BCUT2D eigenvalue weighted by Gasteiger charge is -2.24. The first-order valence-electron chi connectivity index (χ1n) is 7.53. The normalized spacial score (nSPS) is 17.6. The second-order valence-electron chi connectivity index (χ2n) is 5.66. The van der Waals surface area contributed by atoms with E-state index in [9.17, 15) is 9.59 Å². The molecule has 1 aliphatic rings. The van der Waals surface area contributed by atoms with E-state index in [4.69, 9.17) is 0 Å². The van der Waals surface area contributed by atoms with Crippen molar-refractivity contribution in [1.29, 1.82) is 0 Å². The molecule has 3 rings (SSSR count). The predicted molar refractivity (Wildman–Crippen MR) is 84.7 cm³/mol. The molecule has 2 heterocycles. The molecule has 1 atom stereocenters. The number of benzene rings is 1. The third-order valence-electron chi connectivity index (χ3n) is 4.25. The lowest BCUT2D eigenvalue weighted by atomic mass is 10.2. The number of anilines is 1. The van der Waals surface area contributed by atoms with Crippen LogP contribution in [0, 0.1) is 0 Å². The first-order chi connectivity index (χ1) is 11.1. The van der Waals surface area contributed by atoms with E-state index in [-0.39, 0.29) is 18.2 Å². The average Bonchev–Trinajstić information content (AvgIpc) is 3.14. The van der Waals surface area contributed by atoms with Gasteiger partial charge in [0, 0.05) is 26.3 Å². The zero-order valence-corrected chi connectivity index (χ0v) is 13.2. The van der Waals surface area contributed by atoms with Crippen LogP contribution in [0.25, 0.3) is 0 Å². The van der Waals surface area contributed by atoms with Gasteiger partial charge in [0.25, 0.3) is 0 Å². The summed E-state index contributed by atoms with van der Waals surface area (Å²) < 4.78 is 1.57. The number of rotatable bonds is 4. The van der Waals surface area contributed by atoms with E-state index >= 15 is 0 Å². The topological polar surface area (TPSA) is 71.3 Å². The van der Waals surface area contributed by atoms with Crippen LogP contribution < -0.4 is 4.90 Å². The summed E-state index contributed by atoms with van der Waals surface area (Å²) in [5, 5.41) is 7.58. The molecule has 1 fully saturated rings. The number of likely N-dealkylation sites (N-methyl/N-ethyl adjacent to an activating group) is 1. The summed E-state index contributed by atoms with van der Waals surface area (Å²) in [4.78, 5) is 28.3. The second-order valence-corrected chi connectivity index (χ2v) is 5.66. The van der Waals surface area contributed by atoms with Gasteiger partial charge in [0.15, 0.2) is 0 Å². The number of carbonyl (C=O) groups is 2. The van der Waals surface area contributed by atoms with Gasteiger partial charge in [0.05, 0.1) is 18.3 Å². The minimum absolute atomic E-state index is 0.0322. The number of hydrogen-bond acceptors (Lipinski definition) is 4. The van der Waals surface area contributed by atoms with Crippen molar-refractivity contribution >= 4 is 17.5 Å². The van der Waals surface area contributed by atoms with E-state index in [1.165, 1.54) is 4.90 Å². The van der Waals surface area contributed by atoms with Gasteiger partial charge in [-0.05, 0) is 18.6 Å². The van der Waals surface area contributed by atoms with Crippen LogP contribution in [0.1, 0.15) is 12.1 Å². The summed E-state index contributed by atoms with van der Waals surface area (Å²) >= 11 is 0. The van der Waals surface area contributed by atoms with E-state index in [0.29, 0.717) is 13.0 Å². The number of carbonyl (C=O) groups excluding carboxylic acids is 2. The van der Waals surface area contributed by atoms with Crippen LogP contribution in [-0.4, -0.2) is 51.3 Å². The van der Waals surface area contributed by atoms with Crippen LogP contribution in [0.2, 0.25) is 0 Å². The molecule has 2 amide bonds. The van der Waals surface area contributed by atoms with Crippen LogP contribution in [0.15, 0.2) is 36.5 Å². The van der Waals surface area contributed by atoms with Gasteiger partial charge in [-0.2, -0.15) is 0 Å². The third-order valence-corrected chi connectivity index (χ3v) is 4.25. The molecule has 7 heteroatoms. The molecule has 1 unspecified atom stereocenters. The number of hydrogen-bond donors (Lipinski definition) is 0. The van der Waals surface area contributed by atoms with Crippen LogP contribution >= 0.6 is 0 Å². The Balaban J connectivity index is 1.69. The summed E-state index contributed by atoms with van der Waals surface area (Å²) in [5.41, 5.74) is 1.60. The Morgan fingerprint density at radius 1 is 1.35 bits per heavy atom. The van der Waals surface area contributed by atoms with Crippen molar-refractivity contribution in [2.45, 2.75) is 18.9 Å². The summed E-state index contributed by atoms with van der Waals surface area (Å²) in [7, 11) is 3.43. The molecule has 1 saturated heterocycles. The largest absolute Gasteiger partial charge is 0.333 e. The van der Waals surface area contributed by atoms with Gasteiger partial charge >= 0.3 is 0 Å². The lowest BCUT2D eigenvalue weighted by Crippen LogP contribution is -2.43. The predicted octanol–water partition coefficient (Wildman–Crippen LogP) is 0.621. The van der Waals surface area contributed by atoms with E-state index in [0.717, 1.165) is 11.4 Å². The van der Waals surface area contributed by atoms with Gasteiger partial charge in [-0.15, -0.1) is 5.10 Å². The molecule has 0 spiro atoms. The summed E-state index contributed by atoms with van der Waals surface area (Å²) in [6.45, 7) is 0.623. The summed E-state index contributed by atoms with van der Waals surface area (Å²) in [6.07, 6.45) is 2.40. The minimum atomic E-state index is -0.413. The molecule has 23 heavy (non-hydrogen) atoms. The molecular weight excluding hydrogens is 294 g/mol. The van der Waals surface area contributed by atoms with Gasteiger partial charge in [-0.25, -0.2) is 0 Å². The lowest BCUT2D eigenvalue weighted by molar-refractivity contribution is -0.136. The zero-order chi connectivity index (χ0) is 16.4. The Morgan fingerprint density at radius 3 is 2.74 bits per heavy atom. The fourth-order valence-electron chi connectivity index (χ4n) is 2.81. The number of para-hydroxylation sites is 1. The maximum Gasteiger partial charge on any atom is 0.249 e. The molecule has 1 aliphatic heterocycles. The van der Waals surface area contributed by atoms with Crippen LogP contribution in [0.5, 0.6) is 0 Å². The van der Waals surface area contributed by atoms with E-state index in [1.807, 2.05) is 30.3 Å². The number of nitrogens with zero attached hydrogens (tertiary/aromatic N) is 5. The van der Waals surface area contributed by atoms with Gasteiger partial charge in [-0.3, -0.25) is 14.3 Å². The van der Waals surface area contributed by atoms with Crippen LogP contribution in [0.4, 0.5) is 5.69 Å². The Morgan fingerprint density at radius 2 is 2.09 bits per heavy atom. The smallest absolute Gasteiger partial charge is 0.249 e. The summed E-state index contributed by atoms with van der Waals surface area (Å²) in [6, 6.07) is 9.12. The van der Waals surface area contributed by atoms with Crippen molar-refractivity contribution in [3.8, 4) is 0 Å². The fourth-order valence-corrected chi connectivity index (χ4v) is 2.81. The maximum absolute atomic E-state index is 12.6.